The van der Waals surface area contributed by atoms with Crippen LogP contribution in [0, 0.1) is 12.7 Å². The lowest BCUT2D eigenvalue weighted by atomic mass is 10.2. The molecule has 0 aliphatic rings. The molecule has 0 bridgehead atoms. The third-order valence-electron chi connectivity index (χ3n) is 3.74. The number of halogens is 1. The van der Waals surface area contributed by atoms with E-state index in [-0.39, 0.29) is 23.1 Å². The molecule has 0 unspecified atom stereocenters. The van der Waals surface area contributed by atoms with Gasteiger partial charge in [-0.05, 0) is 48.9 Å². The van der Waals surface area contributed by atoms with Crippen LogP contribution >= 0.6 is 11.3 Å². The van der Waals surface area contributed by atoms with Gasteiger partial charge in [-0.3, -0.25) is 14.2 Å². The van der Waals surface area contributed by atoms with Gasteiger partial charge < -0.3 is 10.1 Å². The van der Waals surface area contributed by atoms with Crippen LogP contribution in [0.2, 0.25) is 0 Å². The zero-order chi connectivity index (χ0) is 18.5. The second-order valence-corrected chi connectivity index (χ2v) is 6.53. The van der Waals surface area contributed by atoms with Crippen LogP contribution in [-0.4, -0.2) is 10.5 Å². The third kappa shape index (κ3) is 4.58. The summed E-state index contributed by atoms with van der Waals surface area (Å²) in [5.74, 6) is 0.625. The van der Waals surface area contributed by atoms with Gasteiger partial charge in [0, 0.05) is 17.6 Å². The molecule has 0 aliphatic carbocycles. The molecule has 1 amide bonds. The van der Waals surface area contributed by atoms with Crippen molar-refractivity contribution in [3.05, 3.63) is 80.7 Å². The summed E-state index contributed by atoms with van der Waals surface area (Å²) in [6.07, 6.45) is 0. The second kappa shape index (κ2) is 7.97. The van der Waals surface area contributed by atoms with Crippen molar-refractivity contribution in [1.29, 1.82) is 0 Å². The lowest BCUT2D eigenvalue weighted by Gasteiger charge is -2.09. The van der Waals surface area contributed by atoms with Crippen molar-refractivity contribution in [2.75, 3.05) is 0 Å². The number of nitrogens with zero attached hydrogens (tertiary/aromatic N) is 1. The van der Waals surface area contributed by atoms with E-state index in [0.717, 1.165) is 22.6 Å². The summed E-state index contributed by atoms with van der Waals surface area (Å²) < 4.78 is 19.9. The van der Waals surface area contributed by atoms with E-state index >= 15 is 0 Å². The van der Waals surface area contributed by atoms with Gasteiger partial charge in [-0.2, -0.15) is 0 Å². The van der Waals surface area contributed by atoms with E-state index in [1.54, 1.807) is 36.6 Å². The fourth-order valence-corrected chi connectivity index (χ4v) is 3.04. The number of ether oxygens (including phenoxy) is 1. The van der Waals surface area contributed by atoms with Crippen LogP contribution in [0.25, 0.3) is 0 Å². The molecule has 0 radical (unpaired) electrons. The SMILES string of the molecule is Cc1csc(=O)n1CC(=O)NCc1ccc(Oc2ccc(F)cc2)cc1. The zero-order valence-corrected chi connectivity index (χ0v) is 14.9. The van der Waals surface area contributed by atoms with Crippen LogP contribution in [0.15, 0.2) is 58.7 Å². The van der Waals surface area contributed by atoms with Crippen LogP contribution < -0.4 is 14.9 Å². The number of carbonyl (C=O) groups excluding carboxylic acids is 1. The molecule has 3 aromatic rings. The maximum absolute atomic E-state index is 12.9. The topological polar surface area (TPSA) is 60.3 Å². The second-order valence-electron chi connectivity index (χ2n) is 5.71. The highest BCUT2D eigenvalue weighted by Gasteiger charge is 2.08. The normalized spacial score (nSPS) is 10.5. The van der Waals surface area contributed by atoms with Crippen molar-refractivity contribution in [3.8, 4) is 11.5 Å². The van der Waals surface area contributed by atoms with Gasteiger partial charge in [-0.25, -0.2) is 4.39 Å². The van der Waals surface area contributed by atoms with E-state index in [2.05, 4.69) is 5.32 Å². The van der Waals surface area contributed by atoms with Crippen molar-refractivity contribution in [2.24, 2.45) is 0 Å². The maximum atomic E-state index is 12.9. The van der Waals surface area contributed by atoms with Gasteiger partial charge in [-0.1, -0.05) is 23.5 Å². The van der Waals surface area contributed by atoms with Gasteiger partial charge in [0.25, 0.3) is 0 Å². The number of carbonyl (C=O) groups is 1. The Kier molecular flexibility index (Phi) is 5.48. The average molecular weight is 372 g/mol. The number of hydrogen-bond donors (Lipinski definition) is 1. The molecule has 0 saturated carbocycles. The predicted molar refractivity (Wildman–Crippen MR) is 98.1 cm³/mol. The number of hydrogen-bond acceptors (Lipinski definition) is 4. The molecular formula is C19H17FN2O3S. The summed E-state index contributed by atoms with van der Waals surface area (Å²) in [5, 5.41) is 4.52. The largest absolute Gasteiger partial charge is 0.457 e. The lowest BCUT2D eigenvalue weighted by Crippen LogP contribution is -2.30. The summed E-state index contributed by atoms with van der Waals surface area (Å²) >= 11 is 1.08. The predicted octanol–water partition coefficient (Wildman–Crippen LogP) is 3.47. The van der Waals surface area contributed by atoms with Crippen LogP contribution in [-0.2, 0) is 17.9 Å². The van der Waals surface area contributed by atoms with Crippen molar-refractivity contribution in [1.82, 2.24) is 9.88 Å². The summed E-state index contributed by atoms with van der Waals surface area (Å²) in [6, 6.07) is 13.0. The first-order chi connectivity index (χ1) is 12.5. The van der Waals surface area contributed by atoms with Gasteiger partial charge in [0.15, 0.2) is 0 Å². The van der Waals surface area contributed by atoms with E-state index in [4.69, 9.17) is 4.74 Å². The van der Waals surface area contributed by atoms with E-state index in [0.29, 0.717) is 18.0 Å². The molecule has 0 fully saturated rings. The monoisotopic (exact) mass is 372 g/mol. The highest BCUT2D eigenvalue weighted by molar-refractivity contribution is 7.07. The molecular weight excluding hydrogens is 355 g/mol. The van der Waals surface area contributed by atoms with Gasteiger partial charge in [0.05, 0.1) is 0 Å². The Labute approximate surface area is 153 Å². The van der Waals surface area contributed by atoms with Crippen LogP contribution in [0.1, 0.15) is 11.3 Å². The first-order valence-corrected chi connectivity index (χ1v) is 8.83. The molecule has 2 aromatic carbocycles. The number of aryl methyl sites for hydroxylation is 1. The van der Waals surface area contributed by atoms with Gasteiger partial charge in [0.2, 0.25) is 5.91 Å². The third-order valence-corrected chi connectivity index (χ3v) is 4.62. The van der Waals surface area contributed by atoms with Crippen LogP contribution in [0.5, 0.6) is 11.5 Å². The molecule has 5 nitrogen and oxygen atoms in total. The Bertz CT molecular complexity index is 946. The fourth-order valence-electron chi connectivity index (χ4n) is 2.31. The molecule has 26 heavy (non-hydrogen) atoms. The summed E-state index contributed by atoms with van der Waals surface area (Å²) in [4.78, 5) is 23.5. The van der Waals surface area contributed by atoms with Crippen LogP contribution in [0.4, 0.5) is 4.39 Å². The fraction of sp³-hybridized carbons (Fsp3) is 0.158. The van der Waals surface area contributed by atoms with Crippen molar-refractivity contribution < 1.29 is 13.9 Å². The molecule has 1 N–H and O–H groups in total. The molecule has 1 aromatic heterocycles. The average Bonchev–Trinajstić information content (AvgIpc) is 2.95. The molecule has 1 heterocycles. The first kappa shape index (κ1) is 17.9. The highest BCUT2D eigenvalue weighted by Crippen LogP contribution is 2.21. The van der Waals surface area contributed by atoms with E-state index in [1.807, 2.05) is 12.1 Å². The molecule has 134 valence electrons. The number of rotatable bonds is 6. The lowest BCUT2D eigenvalue weighted by molar-refractivity contribution is -0.121. The minimum atomic E-state index is -0.316. The molecule has 7 heteroatoms. The van der Waals surface area contributed by atoms with Gasteiger partial charge >= 0.3 is 4.87 Å². The smallest absolute Gasteiger partial charge is 0.307 e. The number of amides is 1. The minimum Gasteiger partial charge on any atom is -0.457 e. The Morgan fingerprint density at radius 2 is 1.73 bits per heavy atom. The number of aromatic nitrogens is 1. The zero-order valence-electron chi connectivity index (χ0n) is 14.1. The Morgan fingerprint density at radius 3 is 2.31 bits per heavy atom. The minimum absolute atomic E-state index is 0.0138. The number of thiazole rings is 1. The maximum Gasteiger partial charge on any atom is 0.307 e. The summed E-state index contributed by atoms with van der Waals surface area (Å²) in [7, 11) is 0. The van der Waals surface area contributed by atoms with Gasteiger partial charge in [0.1, 0.15) is 23.9 Å². The highest BCUT2D eigenvalue weighted by atomic mass is 32.1. The molecule has 0 aliphatic heterocycles. The standard InChI is InChI=1S/C19H17FN2O3S/c1-13-12-26-19(24)22(13)11-18(23)21-10-14-2-6-16(7-3-14)25-17-8-4-15(20)5-9-17/h2-9,12H,10-11H2,1H3,(H,21,23). The Balaban J connectivity index is 1.53. The van der Waals surface area contributed by atoms with E-state index in [1.165, 1.54) is 16.7 Å². The van der Waals surface area contributed by atoms with Crippen molar-refractivity contribution in [2.45, 2.75) is 20.0 Å². The molecule has 3 rings (SSSR count). The Morgan fingerprint density at radius 1 is 1.12 bits per heavy atom. The number of nitrogens with one attached hydrogen (secondary N) is 1. The van der Waals surface area contributed by atoms with E-state index in [9.17, 15) is 14.0 Å². The van der Waals surface area contributed by atoms with Crippen molar-refractivity contribution in [3.63, 3.8) is 0 Å². The first-order valence-electron chi connectivity index (χ1n) is 7.95. The summed E-state index contributed by atoms with van der Waals surface area (Å²) in [5.41, 5.74) is 1.68. The van der Waals surface area contributed by atoms with Gasteiger partial charge in [-0.15, -0.1) is 0 Å². The Hall–Kier alpha value is -2.93. The van der Waals surface area contributed by atoms with Crippen molar-refractivity contribution >= 4 is 17.2 Å². The van der Waals surface area contributed by atoms with Crippen LogP contribution in [0.3, 0.4) is 0 Å². The van der Waals surface area contributed by atoms with E-state index < -0.39 is 0 Å². The summed E-state index contributed by atoms with van der Waals surface area (Å²) in [6.45, 7) is 2.17. The molecule has 0 atom stereocenters. The molecule has 0 saturated heterocycles. The number of benzene rings is 2. The molecule has 0 spiro atoms. The quantitative estimate of drug-likeness (QED) is 0.721.